The molecule has 2 rings (SSSR count). The van der Waals surface area contributed by atoms with E-state index in [9.17, 15) is 0 Å². The summed E-state index contributed by atoms with van der Waals surface area (Å²) in [4.78, 5) is 8.10. The van der Waals surface area contributed by atoms with Gasteiger partial charge < -0.3 is 10.2 Å². The zero-order valence-corrected chi connectivity index (χ0v) is 8.55. The highest BCUT2D eigenvalue weighted by atomic mass is 16.3. The number of nitrogens with zero attached hydrogens (tertiary/aromatic N) is 3. The number of hydrogen-bond donors (Lipinski definition) is 1. The molecule has 0 aliphatic carbocycles. The molecule has 0 saturated carbocycles. The van der Waals surface area contributed by atoms with Gasteiger partial charge >= 0.3 is 0 Å². The fourth-order valence-electron chi connectivity index (χ4n) is 1.33. The molecule has 5 heteroatoms. The molecule has 2 aromatic rings. The van der Waals surface area contributed by atoms with Gasteiger partial charge in [0.1, 0.15) is 29.0 Å². The average Bonchev–Trinajstić information content (AvgIpc) is 2.79. The zero-order chi connectivity index (χ0) is 11.4. The van der Waals surface area contributed by atoms with Crippen molar-refractivity contribution in [3.05, 3.63) is 41.7 Å². The third-order valence-corrected chi connectivity index (χ3v) is 2.16. The molecular formula is C11H10N4O. The van der Waals surface area contributed by atoms with E-state index >= 15 is 0 Å². The first-order valence-corrected chi connectivity index (χ1v) is 4.83. The van der Waals surface area contributed by atoms with Crippen LogP contribution < -0.4 is 5.73 Å². The van der Waals surface area contributed by atoms with Crippen molar-refractivity contribution in [1.82, 2.24) is 9.97 Å². The monoisotopic (exact) mass is 214 g/mol. The Morgan fingerprint density at radius 1 is 1.44 bits per heavy atom. The summed E-state index contributed by atoms with van der Waals surface area (Å²) in [6.07, 6.45) is 4.44. The van der Waals surface area contributed by atoms with Crippen LogP contribution in [0.5, 0.6) is 0 Å². The lowest BCUT2D eigenvalue weighted by Gasteiger charge is -2.00. The highest BCUT2D eigenvalue weighted by Gasteiger charge is 2.04. The van der Waals surface area contributed by atoms with Gasteiger partial charge in [0.25, 0.3) is 0 Å². The van der Waals surface area contributed by atoms with E-state index in [1.54, 1.807) is 6.26 Å². The molecule has 2 N–H and O–H groups in total. The SMILES string of the molecule is N#Cc1cnc(CCc2ccco2)nc1N. The molecule has 0 saturated heterocycles. The molecule has 0 unspecified atom stereocenters. The Morgan fingerprint density at radius 2 is 2.31 bits per heavy atom. The predicted octanol–water partition coefficient (Wildman–Crippen LogP) is 1.31. The van der Waals surface area contributed by atoms with Gasteiger partial charge in [-0.2, -0.15) is 5.26 Å². The number of rotatable bonds is 3. The molecule has 2 aromatic heterocycles. The van der Waals surface area contributed by atoms with E-state index in [2.05, 4.69) is 9.97 Å². The molecule has 0 aliphatic heterocycles. The van der Waals surface area contributed by atoms with Crippen molar-refractivity contribution in [3.8, 4) is 6.07 Å². The summed E-state index contributed by atoms with van der Waals surface area (Å²) in [7, 11) is 0. The van der Waals surface area contributed by atoms with Crippen LogP contribution in [0.1, 0.15) is 17.1 Å². The summed E-state index contributed by atoms with van der Waals surface area (Å²) in [5.74, 6) is 1.73. The molecule has 80 valence electrons. The lowest BCUT2D eigenvalue weighted by molar-refractivity contribution is 0.506. The van der Waals surface area contributed by atoms with E-state index < -0.39 is 0 Å². The molecule has 16 heavy (non-hydrogen) atoms. The minimum absolute atomic E-state index is 0.229. The molecular weight excluding hydrogens is 204 g/mol. The largest absolute Gasteiger partial charge is 0.469 e. The van der Waals surface area contributed by atoms with Gasteiger partial charge in [-0.3, -0.25) is 0 Å². The topological polar surface area (TPSA) is 88.7 Å². The van der Waals surface area contributed by atoms with Crippen LogP contribution in [0.3, 0.4) is 0 Å². The fourth-order valence-corrected chi connectivity index (χ4v) is 1.33. The molecule has 0 spiro atoms. The maximum atomic E-state index is 8.66. The Balaban J connectivity index is 2.06. The summed E-state index contributed by atoms with van der Waals surface area (Å²) in [5.41, 5.74) is 5.89. The lowest BCUT2D eigenvalue weighted by atomic mass is 10.2. The van der Waals surface area contributed by atoms with E-state index in [4.69, 9.17) is 15.4 Å². The Labute approximate surface area is 92.5 Å². The van der Waals surface area contributed by atoms with Crippen LogP contribution in [0.25, 0.3) is 0 Å². The normalized spacial score (nSPS) is 9.94. The van der Waals surface area contributed by atoms with E-state index in [1.807, 2.05) is 18.2 Å². The number of anilines is 1. The van der Waals surface area contributed by atoms with Gasteiger partial charge in [-0.05, 0) is 12.1 Å². The van der Waals surface area contributed by atoms with Crippen LogP contribution in [0.4, 0.5) is 5.82 Å². The summed E-state index contributed by atoms with van der Waals surface area (Å²) < 4.78 is 5.19. The Hall–Kier alpha value is -2.35. The number of aromatic nitrogens is 2. The standard InChI is InChI=1S/C11H10N4O/c12-6-8-7-14-10(15-11(8)13)4-3-9-2-1-5-16-9/h1-2,5,7H,3-4H2,(H2,13,14,15). The van der Waals surface area contributed by atoms with Gasteiger partial charge in [-0.1, -0.05) is 0 Å². The third kappa shape index (κ3) is 2.17. The highest BCUT2D eigenvalue weighted by Crippen LogP contribution is 2.08. The van der Waals surface area contributed by atoms with Crippen molar-refractivity contribution in [1.29, 1.82) is 5.26 Å². The molecule has 0 amide bonds. The first-order chi connectivity index (χ1) is 7.79. The van der Waals surface area contributed by atoms with Crippen LogP contribution in [0.15, 0.2) is 29.0 Å². The van der Waals surface area contributed by atoms with E-state index in [0.29, 0.717) is 17.8 Å². The summed E-state index contributed by atoms with van der Waals surface area (Å²) in [6.45, 7) is 0. The van der Waals surface area contributed by atoms with Crippen molar-refractivity contribution >= 4 is 5.82 Å². The van der Waals surface area contributed by atoms with Crippen molar-refractivity contribution in [2.75, 3.05) is 5.73 Å². The molecule has 0 fully saturated rings. The Bertz CT molecular complexity index is 513. The molecule has 5 nitrogen and oxygen atoms in total. The molecule has 0 atom stereocenters. The van der Waals surface area contributed by atoms with Crippen molar-refractivity contribution in [3.63, 3.8) is 0 Å². The first kappa shape index (κ1) is 10.2. The molecule has 2 heterocycles. The van der Waals surface area contributed by atoms with Crippen LogP contribution in [-0.2, 0) is 12.8 Å². The summed E-state index contributed by atoms with van der Waals surface area (Å²) in [6, 6.07) is 5.66. The van der Waals surface area contributed by atoms with E-state index in [1.165, 1.54) is 6.20 Å². The smallest absolute Gasteiger partial charge is 0.145 e. The number of nitrogens with two attached hydrogens (primary N) is 1. The van der Waals surface area contributed by atoms with Crippen LogP contribution in [-0.4, -0.2) is 9.97 Å². The highest BCUT2D eigenvalue weighted by molar-refractivity contribution is 5.46. The minimum atomic E-state index is 0.229. The third-order valence-electron chi connectivity index (χ3n) is 2.16. The van der Waals surface area contributed by atoms with Gasteiger partial charge in [-0.25, -0.2) is 9.97 Å². The van der Waals surface area contributed by atoms with Gasteiger partial charge in [0.15, 0.2) is 0 Å². The Morgan fingerprint density at radius 3 is 2.94 bits per heavy atom. The van der Waals surface area contributed by atoms with Gasteiger partial charge in [0.2, 0.25) is 0 Å². The van der Waals surface area contributed by atoms with Gasteiger partial charge in [0, 0.05) is 12.8 Å². The predicted molar refractivity (Wildman–Crippen MR) is 57.3 cm³/mol. The van der Waals surface area contributed by atoms with E-state index in [0.717, 1.165) is 12.2 Å². The van der Waals surface area contributed by atoms with Gasteiger partial charge in [0.05, 0.1) is 12.5 Å². The second-order valence-corrected chi connectivity index (χ2v) is 3.28. The Kier molecular flexibility index (Phi) is 2.83. The summed E-state index contributed by atoms with van der Waals surface area (Å²) >= 11 is 0. The van der Waals surface area contributed by atoms with Crippen molar-refractivity contribution in [2.24, 2.45) is 0 Å². The first-order valence-electron chi connectivity index (χ1n) is 4.83. The van der Waals surface area contributed by atoms with Crippen LogP contribution in [0.2, 0.25) is 0 Å². The zero-order valence-electron chi connectivity index (χ0n) is 8.55. The number of aryl methyl sites for hydroxylation is 2. The molecule has 0 aliphatic rings. The number of nitriles is 1. The van der Waals surface area contributed by atoms with Crippen LogP contribution >= 0.6 is 0 Å². The lowest BCUT2D eigenvalue weighted by Crippen LogP contribution is -2.03. The molecule has 0 radical (unpaired) electrons. The second-order valence-electron chi connectivity index (χ2n) is 3.28. The van der Waals surface area contributed by atoms with Crippen molar-refractivity contribution in [2.45, 2.75) is 12.8 Å². The number of nitrogen functional groups attached to an aromatic ring is 1. The second kappa shape index (κ2) is 4.45. The summed E-state index contributed by atoms with van der Waals surface area (Å²) in [5, 5.41) is 8.66. The molecule has 0 bridgehead atoms. The average molecular weight is 214 g/mol. The quantitative estimate of drug-likeness (QED) is 0.832. The number of hydrogen-bond acceptors (Lipinski definition) is 5. The minimum Gasteiger partial charge on any atom is -0.469 e. The van der Waals surface area contributed by atoms with Crippen LogP contribution in [0, 0.1) is 11.3 Å². The van der Waals surface area contributed by atoms with Crippen molar-refractivity contribution < 1.29 is 4.42 Å². The number of furan rings is 1. The molecule has 0 aromatic carbocycles. The maximum absolute atomic E-state index is 8.66. The maximum Gasteiger partial charge on any atom is 0.145 e. The van der Waals surface area contributed by atoms with E-state index in [-0.39, 0.29) is 5.82 Å². The fraction of sp³-hybridized carbons (Fsp3) is 0.182. The van der Waals surface area contributed by atoms with Gasteiger partial charge in [-0.15, -0.1) is 0 Å².